The molecule has 0 aliphatic heterocycles. The summed E-state index contributed by atoms with van der Waals surface area (Å²) in [5, 5.41) is 17.9. The van der Waals surface area contributed by atoms with Crippen molar-refractivity contribution in [3.63, 3.8) is 0 Å². The van der Waals surface area contributed by atoms with Gasteiger partial charge >= 0.3 is 5.97 Å². The first-order valence-corrected chi connectivity index (χ1v) is 6.92. The van der Waals surface area contributed by atoms with Crippen molar-refractivity contribution < 1.29 is 24.5 Å². The van der Waals surface area contributed by atoms with Crippen LogP contribution in [0.2, 0.25) is 0 Å². The fourth-order valence-corrected chi connectivity index (χ4v) is 1.82. The lowest BCUT2D eigenvalue weighted by Crippen LogP contribution is -2.34. The molecule has 116 valence electrons. The third-order valence-electron chi connectivity index (χ3n) is 2.86. The number of nitrogens with zero attached hydrogens (tertiary/aromatic N) is 1. The third-order valence-corrected chi connectivity index (χ3v) is 2.86. The second-order valence-electron chi connectivity index (χ2n) is 4.48. The predicted molar refractivity (Wildman–Crippen MR) is 78.6 cm³/mol. The summed E-state index contributed by atoms with van der Waals surface area (Å²) in [4.78, 5) is 24.4. The van der Waals surface area contributed by atoms with Crippen molar-refractivity contribution in [1.29, 1.82) is 0 Å². The monoisotopic (exact) mass is 295 g/mol. The number of carbonyl (C=O) groups is 2. The van der Waals surface area contributed by atoms with E-state index < -0.39 is 5.97 Å². The first kappa shape index (κ1) is 17.1. The van der Waals surface area contributed by atoms with E-state index in [4.69, 9.17) is 14.9 Å². The van der Waals surface area contributed by atoms with Crippen LogP contribution in [-0.4, -0.2) is 48.5 Å². The molecule has 0 heterocycles. The van der Waals surface area contributed by atoms with Gasteiger partial charge in [-0.15, -0.1) is 0 Å². The number of benzene rings is 1. The van der Waals surface area contributed by atoms with Crippen LogP contribution in [0.1, 0.15) is 30.1 Å². The Labute approximate surface area is 124 Å². The molecule has 1 amide bonds. The van der Waals surface area contributed by atoms with Crippen LogP contribution in [0.5, 0.6) is 0 Å². The SMILES string of the molecule is CCCOCCC(=O)N(CCO)c1ccc(C(=O)O)cc1. The number of anilines is 1. The average Bonchev–Trinajstić information content (AvgIpc) is 2.49. The Kier molecular flexibility index (Phi) is 7.42. The van der Waals surface area contributed by atoms with Crippen molar-refractivity contribution >= 4 is 17.6 Å². The minimum Gasteiger partial charge on any atom is -0.478 e. The van der Waals surface area contributed by atoms with Gasteiger partial charge in [-0.1, -0.05) is 6.92 Å². The molecule has 0 bridgehead atoms. The number of hydrogen-bond acceptors (Lipinski definition) is 4. The first-order chi connectivity index (χ1) is 10.1. The van der Waals surface area contributed by atoms with Crippen LogP contribution in [0.15, 0.2) is 24.3 Å². The number of rotatable bonds is 9. The fourth-order valence-electron chi connectivity index (χ4n) is 1.82. The molecule has 1 rings (SSSR count). The van der Waals surface area contributed by atoms with Crippen LogP contribution < -0.4 is 4.90 Å². The van der Waals surface area contributed by atoms with E-state index in [1.54, 1.807) is 12.1 Å². The minimum atomic E-state index is -1.02. The zero-order valence-electron chi connectivity index (χ0n) is 12.1. The van der Waals surface area contributed by atoms with E-state index in [1.807, 2.05) is 6.92 Å². The maximum atomic E-state index is 12.1. The van der Waals surface area contributed by atoms with Gasteiger partial charge in [0.15, 0.2) is 0 Å². The number of carboxylic acid groups (broad SMARTS) is 1. The normalized spacial score (nSPS) is 10.4. The molecule has 1 aromatic carbocycles. The molecule has 0 fully saturated rings. The van der Waals surface area contributed by atoms with Crippen molar-refractivity contribution in [3.05, 3.63) is 29.8 Å². The van der Waals surface area contributed by atoms with Crippen LogP contribution in [0.25, 0.3) is 0 Å². The van der Waals surface area contributed by atoms with Gasteiger partial charge < -0.3 is 19.8 Å². The largest absolute Gasteiger partial charge is 0.478 e. The lowest BCUT2D eigenvalue weighted by molar-refractivity contribution is -0.119. The number of carboxylic acids is 1. The molecule has 2 N–H and O–H groups in total. The maximum absolute atomic E-state index is 12.1. The Morgan fingerprint density at radius 2 is 1.86 bits per heavy atom. The summed E-state index contributed by atoms with van der Waals surface area (Å²) in [7, 11) is 0. The van der Waals surface area contributed by atoms with Crippen LogP contribution in [-0.2, 0) is 9.53 Å². The number of carbonyl (C=O) groups excluding carboxylic acids is 1. The van der Waals surface area contributed by atoms with Gasteiger partial charge in [0, 0.05) is 18.8 Å². The van der Waals surface area contributed by atoms with Crippen LogP contribution in [0.4, 0.5) is 5.69 Å². The molecule has 0 unspecified atom stereocenters. The lowest BCUT2D eigenvalue weighted by atomic mass is 10.2. The Bertz CT molecular complexity index is 458. The van der Waals surface area contributed by atoms with Gasteiger partial charge in [0.2, 0.25) is 5.91 Å². The minimum absolute atomic E-state index is 0.154. The Morgan fingerprint density at radius 3 is 2.38 bits per heavy atom. The van der Waals surface area contributed by atoms with Gasteiger partial charge in [-0.3, -0.25) is 4.79 Å². The van der Waals surface area contributed by atoms with E-state index in [1.165, 1.54) is 17.0 Å². The smallest absolute Gasteiger partial charge is 0.335 e. The second-order valence-corrected chi connectivity index (χ2v) is 4.48. The highest BCUT2D eigenvalue weighted by molar-refractivity contribution is 5.94. The maximum Gasteiger partial charge on any atom is 0.335 e. The third kappa shape index (κ3) is 5.53. The number of aromatic carboxylic acids is 1. The quantitative estimate of drug-likeness (QED) is 0.675. The topological polar surface area (TPSA) is 87.1 Å². The fraction of sp³-hybridized carbons (Fsp3) is 0.467. The van der Waals surface area contributed by atoms with E-state index in [-0.39, 0.29) is 31.0 Å². The van der Waals surface area contributed by atoms with E-state index in [0.29, 0.717) is 18.9 Å². The van der Waals surface area contributed by atoms with Gasteiger partial charge in [0.1, 0.15) is 0 Å². The summed E-state index contributed by atoms with van der Waals surface area (Å²) in [5.74, 6) is -1.18. The van der Waals surface area contributed by atoms with E-state index in [2.05, 4.69) is 0 Å². The van der Waals surface area contributed by atoms with Crippen LogP contribution in [0, 0.1) is 0 Å². The summed E-state index contributed by atoms with van der Waals surface area (Å²) in [6.45, 7) is 2.94. The van der Waals surface area contributed by atoms with Crippen LogP contribution in [0.3, 0.4) is 0 Å². The van der Waals surface area contributed by atoms with E-state index in [0.717, 1.165) is 6.42 Å². The Hall–Kier alpha value is -1.92. The molecule has 0 aromatic heterocycles. The standard InChI is InChI=1S/C15H21NO5/c1-2-10-21-11-7-14(18)16(8-9-17)13-5-3-12(4-6-13)15(19)20/h3-6,17H,2,7-11H2,1H3,(H,19,20). The molecule has 0 spiro atoms. The molecular formula is C15H21NO5. The van der Waals surface area contributed by atoms with Gasteiger partial charge in [0.05, 0.1) is 25.2 Å². The number of amides is 1. The molecule has 0 aliphatic rings. The molecular weight excluding hydrogens is 274 g/mol. The molecule has 6 nitrogen and oxygen atoms in total. The molecule has 21 heavy (non-hydrogen) atoms. The van der Waals surface area contributed by atoms with Gasteiger partial charge in [0.25, 0.3) is 0 Å². The summed E-state index contributed by atoms with van der Waals surface area (Å²) in [5.41, 5.74) is 0.718. The zero-order valence-corrected chi connectivity index (χ0v) is 12.1. The van der Waals surface area contributed by atoms with Crippen molar-refractivity contribution in [2.24, 2.45) is 0 Å². The Balaban J connectivity index is 2.71. The Morgan fingerprint density at radius 1 is 1.19 bits per heavy atom. The lowest BCUT2D eigenvalue weighted by Gasteiger charge is -2.22. The molecule has 6 heteroatoms. The number of ether oxygens (including phenoxy) is 1. The van der Waals surface area contributed by atoms with Crippen molar-refractivity contribution in [1.82, 2.24) is 0 Å². The second kappa shape index (κ2) is 9.10. The van der Waals surface area contributed by atoms with Gasteiger partial charge in [-0.25, -0.2) is 4.79 Å². The van der Waals surface area contributed by atoms with Crippen LogP contribution >= 0.6 is 0 Å². The molecule has 0 aliphatic carbocycles. The first-order valence-electron chi connectivity index (χ1n) is 6.92. The number of aliphatic hydroxyl groups is 1. The average molecular weight is 295 g/mol. The summed E-state index contributed by atoms with van der Waals surface area (Å²) < 4.78 is 5.28. The zero-order chi connectivity index (χ0) is 15.7. The van der Waals surface area contributed by atoms with Crippen molar-refractivity contribution in [2.45, 2.75) is 19.8 Å². The highest BCUT2D eigenvalue weighted by atomic mass is 16.5. The highest BCUT2D eigenvalue weighted by Crippen LogP contribution is 2.16. The van der Waals surface area contributed by atoms with Gasteiger partial charge in [-0.05, 0) is 30.7 Å². The molecule has 0 atom stereocenters. The van der Waals surface area contributed by atoms with E-state index >= 15 is 0 Å². The van der Waals surface area contributed by atoms with Gasteiger partial charge in [-0.2, -0.15) is 0 Å². The van der Waals surface area contributed by atoms with Crippen molar-refractivity contribution in [2.75, 3.05) is 31.3 Å². The van der Waals surface area contributed by atoms with Crippen molar-refractivity contribution in [3.8, 4) is 0 Å². The molecule has 0 saturated heterocycles. The predicted octanol–water partition coefficient (Wildman–Crippen LogP) is 1.53. The number of hydrogen-bond donors (Lipinski definition) is 2. The molecule has 0 radical (unpaired) electrons. The van der Waals surface area contributed by atoms with E-state index in [9.17, 15) is 9.59 Å². The highest BCUT2D eigenvalue weighted by Gasteiger charge is 2.15. The summed E-state index contributed by atoms with van der Waals surface area (Å²) >= 11 is 0. The molecule has 0 saturated carbocycles. The summed E-state index contributed by atoms with van der Waals surface area (Å²) in [6, 6.07) is 5.99. The molecule has 1 aromatic rings. The summed E-state index contributed by atoms with van der Waals surface area (Å²) in [6.07, 6.45) is 1.12. The number of aliphatic hydroxyl groups excluding tert-OH is 1.